The van der Waals surface area contributed by atoms with Crippen LogP contribution in [0.4, 0.5) is 0 Å². The number of carbonyl (C=O) groups excluding carboxylic acids is 3. The number of hydrogen-bond donors (Lipinski definition) is 1. The van der Waals surface area contributed by atoms with Crippen LogP contribution >= 0.6 is 23.2 Å². The van der Waals surface area contributed by atoms with Crippen molar-refractivity contribution < 1.29 is 20.9 Å². The molecule has 0 aliphatic heterocycles. The Bertz CT molecular complexity index is 926. The van der Waals surface area contributed by atoms with Crippen LogP contribution in [0.25, 0.3) is 0 Å². The van der Waals surface area contributed by atoms with Gasteiger partial charge in [-0.2, -0.15) is 0 Å². The van der Waals surface area contributed by atoms with E-state index in [9.17, 15) is 19.5 Å². The number of halogens is 2. The van der Waals surface area contributed by atoms with E-state index in [-0.39, 0.29) is 18.7 Å². The maximum atomic E-state index is 11.1. The number of carbonyl (C=O) groups is 3. The molecule has 0 aromatic heterocycles. The predicted molar refractivity (Wildman–Crippen MR) is 169 cm³/mol. The molecule has 0 bridgehead atoms. The molecule has 2 aromatic rings. The molecule has 0 amide bonds. The van der Waals surface area contributed by atoms with Gasteiger partial charge in [0.15, 0.2) is 0 Å². The molecule has 4 atom stereocenters. The van der Waals surface area contributed by atoms with Gasteiger partial charge in [0, 0.05) is 20.5 Å². The van der Waals surface area contributed by atoms with Crippen LogP contribution in [0.1, 0.15) is 66.9 Å². The maximum absolute atomic E-state index is 11.1. The highest BCUT2D eigenvalue weighted by Gasteiger charge is 2.20. The summed E-state index contributed by atoms with van der Waals surface area (Å²) < 4.78 is 6.21. The van der Waals surface area contributed by atoms with Gasteiger partial charge in [-0.15, -0.1) is 0 Å². The van der Waals surface area contributed by atoms with Crippen LogP contribution in [0.3, 0.4) is 0 Å². The first-order chi connectivity index (χ1) is 19.4. The molecule has 0 unspecified atom stereocenters. The Kier molecular flexibility index (Phi) is 23.4. The quantitative estimate of drug-likeness (QED) is 0.155. The fourth-order valence-electron chi connectivity index (χ4n) is 3.91. The minimum absolute atomic E-state index is 0.0187. The second-order valence-electron chi connectivity index (χ2n) is 9.50. The van der Waals surface area contributed by atoms with Crippen LogP contribution in [-0.2, 0) is 27.5 Å². The molecular weight excluding hydrogens is 547 g/mol. The Morgan fingerprint density at radius 1 is 0.850 bits per heavy atom. The Labute approximate surface area is 254 Å². The minimum Gasteiger partial charge on any atom is -0.395 e. The summed E-state index contributed by atoms with van der Waals surface area (Å²) >= 11 is 8.98. The van der Waals surface area contributed by atoms with Gasteiger partial charge in [-0.1, -0.05) is 115 Å². The Morgan fingerprint density at radius 2 is 1.23 bits per heavy atom. The van der Waals surface area contributed by atoms with Crippen LogP contribution in [-0.4, -0.2) is 64.5 Å². The van der Waals surface area contributed by atoms with Gasteiger partial charge in [0.05, 0.1) is 12.6 Å². The summed E-state index contributed by atoms with van der Waals surface area (Å²) in [5, 5.41) is 7.15. The maximum Gasteiger partial charge on any atom is 0.304 e. The number of likely N-dealkylation sites (N-methyl/N-ethyl adjacent to an activating group) is 2. The van der Waals surface area contributed by atoms with Crippen LogP contribution in [0.5, 0.6) is 0 Å². The van der Waals surface area contributed by atoms with Gasteiger partial charge in [0.2, 0.25) is 0 Å². The molecule has 0 aliphatic rings. The SMILES string of the molecule is CC[C@H](C)[C@@H](C=O)N(C)Cc1ccccc1.CC[C@H](C)[C@@H](CO)N(C)Cc1ccccc1.O=C(Cl)C(=O)Cl.[2H]CC. The first-order valence-electron chi connectivity index (χ1n) is 14.4. The van der Waals surface area contributed by atoms with Gasteiger partial charge in [-0.3, -0.25) is 19.4 Å². The first kappa shape index (κ1) is 37.9. The van der Waals surface area contributed by atoms with Crippen molar-refractivity contribution in [3.8, 4) is 0 Å². The van der Waals surface area contributed by atoms with Crippen LogP contribution < -0.4 is 0 Å². The van der Waals surface area contributed by atoms with Gasteiger partial charge in [0.1, 0.15) is 6.29 Å². The molecule has 8 heteroatoms. The van der Waals surface area contributed by atoms with Gasteiger partial charge >= 0.3 is 10.5 Å². The second kappa shape index (κ2) is 24.7. The molecule has 0 saturated carbocycles. The third kappa shape index (κ3) is 17.6. The highest BCUT2D eigenvalue weighted by Crippen LogP contribution is 2.16. The summed E-state index contributed by atoms with van der Waals surface area (Å²) in [6.45, 7) is 12.9. The Balaban J connectivity index is 0. The molecule has 226 valence electrons. The molecule has 0 aliphatic carbocycles. The number of aliphatic hydroxyl groups excluding tert-OH is 1. The third-order valence-electron chi connectivity index (χ3n) is 6.63. The molecule has 40 heavy (non-hydrogen) atoms. The van der Waals surface area contributed by atoms with Crippen molar-refractivity contribution in [2.75, 3.05) is 20.7 Å². The van der Waals surface area contributed by atoms with Crippen molar-refractivity contribution in [1.82, 2.24) is 9.80 Å². The van der Waals surface area contributed by atoms with E-state index in [2.05, 4.69) is 104 Å². The van der Waals surface area contributed by atoms with Crippen LogP contribution in [0.15, 0.2) is 60.7 Å². The second-order valence-corrected chi connectivity index (χ2v) is 10.2. The number of nitrogens with zero attached hydrogens (tertiary/aromatic N) is 2. The molecule has 0 spiro atoms. The van der Waals surface area contributed by atoms with Crippen LogP contribution in [0.2, 0.25) is 0 Å². The van der Waals surface area contributed by atoms with Gasteiger partial charge in [-0.25, -0.2) is 0 Å². The van der Waals surface area contributed by atoms with E-state index in [1.165, 1.54) is 11.1 Å². The first-order valence-corrected chi connectivity index (χ1v) is 14.4. The zero-order chi connectivity index (χ0) is 31.8. The summed E-state index contributed by atoms with van der Waals surface area (Å²) in [6.07, 6.45) is 3.20. The van der Waals surface area contributed by atoms with Crippen molar-refractivity contribution in [3.05, 3.63) is 71.8 Å². The lowest BCUT2D eigenvalue weighted by Gasteiger charge is -2.31. The molecule has 2 aromatic carbocycles. The standard InChI is InChI=1S/C14H23NO.C14H21NO.C2Cl2O2.C2H6/c2*1-4-12(2)14(11-16)15(3)10-13-8-6-5-7-9-13;3-1(5)2(4)6;1-2/h5-9,12,14,16H,4,10-11H2,1-3H3;5-9,11-12,14H,4,10H2,1-3H3;;1-2H3/t2*12-,14+;;/m00../s1/i;;;1D. The van der Waals surface area contributed by atoms with Crippen molar-refractivity contribution in [1.29, 1.82) is 0 Å². The third-order valence-corrected chi connectivity index (χ3v) is 7.07. The van der Waals surface area contributed by atoms with Crippen molar-refractivity contribution in [3.63, 3.8) is 0 Å². The lowest BCUT2D eigenvalue weighted by Crippen LogP contribution is -2.39. The van der Waals surface area contributed by atoms with Gasteiger partial charge in [-0.05, 0) is 60.3 Å². The Morgan fingerprint density at radius 3 is 1.52 bits per heavy atom. The summed E-state index contributed by atoms with van der Waals surface area (Å²) in [6, 6.07) is 20.9. The van der Waals surface area contributed by atoms with E-state index in [0.717, 1.165) is 32.2 Å². The lowest BCUT2D eigenvalue weighted by molar-refractivity contribution is -0.127. The van der Waals surface area contributed by atoms with Crippen LogP contribution in [0, 0.1) is 11.8 Å². The van der Waals surface area contributed by atoms with E-state index in [4.69, 9.17) is 1.37 Å². The predicted octanol–water partition coefficient (Wildman–Crippen LogP) is 6.80. The largest absolute Gasteiger partial charge is 0.395 e. The average molecular weight is 599 g/mol. The van der Waals surface area contributed by atoms with Gasteiger partial charge < -0.3 is 9.90 Å². The number of aldehydes is 1. The zero-order valence-corrected chi connectivity index (χ0v) is 26.7. The fraction of sp³-hybridized carbons (Fsp3) is 0.531. The topological polar surface area (TPSA) is 77.9 Å². The molecule has 0 heterocycles. The lowest BCUT2D eigenvalue weighted by atomic mass is 9.98. The number of benzene rings is 2. The Hall–Kier alpha value is -2.09. The van der Waals surface area contributed by atoms with Crippen molar-refractivity contribution >= 4 is 40.0 Å². The average Bonchev–Trinajstić information content (AvgIpc) is 2.95. The minimum atomic E-state index is -1.14. The summed E-state index contributed by atoms with van der Waals surface area (Å²) in [5.41, 5.74) is 2.55. The molecular formula is C32H50Cl2N2O4. The molecule has 2 rings (SSSR count). The van der Waals surface area contributed by atoms with Crippen molar-refractivity contribution in [2.24, 2.45) is 11.8 Å². The molecule has 0 fully saturated rings. The highest BCUT2D eigenvalue weighted by molar-refractivity contribution is 6.97. The highest BCUT2D eigenvalue weighted by atomic mass is 35.5. The molecule has 6 nitrogen and oxygen atoms in total. The number of aliphatic hydroxyl groups is 1. The van der Waals surface area contributed by atoms with E-state index < -0.39 is 10.5 Å². The summed E-state index contributed by atoms with van der Waals surface area (Å²) in [4.78, 5) is 34.3. The smallest absolute Gasteiger partial charge is 0.304 e. The monoisotopic (exact) mass is 597 g/mol. The van der Waals surface area contributed by atoms with E-state index in [1.807, 2.05) is 31.3 Å². The van der Waals surface area contributed by atoms with E-state index in [1.54, 1.807) is 6.92 Å². The fourth-order valence-corrected chi connectivity index (χ4v) is 3.91. The number of hydrogen-bond acceptors (Lipinski definition) is 6. The zero-order valence-electron chi connectivity index (χ0n) is 26.2. The normalized spacial score (nSPS) is 13.6. The molecule has 0 radical (unpaired) electrons. The summed E-state index contributed by atoms with van der Waals surface area (Å²) in [7, 11) is 4.10. The summed E-state index contributed by atoms with van der Waals surface area (Å²) in [5.74, 6) is 0.935. The van der Waals surface area contributed by atoms with E-state index >= 15 is 0 Å². The van der Waals surface area contributed by atoms with Gasteiger partial charge in [0.25, 0.3) is 0 Å². The molecule has 0 saturated heterocycles. The number of rotatable bonds is 13. The van der Waals surface area contributed by atoms with E-state index in [0.29, 0.717) is 18.7 Å². The molecule has 1 N–H and O–H groups in total. The van der Waals surface area contributed by atoms with Crippen molar-refractivity contribution in [2.45, 2.75) is 79.5 Å².